The molecule has 1 aromatic heterocycles. The van der Waals surface area contributed by atoms with Crippen molar-refractivity contribution in [1.82, 2.24) is 25.3 Å². The van der Waals surface area contributed by atoms with Gasteiger partial charge in [0.05, 0.1) is 11.1 Å². The Hall–Kier alpha value is -3.59. The molecule has 0 atom stereocenters. The number of hydrogen-bond donors (Lipinski definition) is 4. The number of fused-ring (bicyclic) bond motifs is 2. The van der Waals surface area contributed by atoms with Crippen molar-refractivity contribution in [3.63, 3.8) is 0 Å². The van der Waals surface area contributed by atoms with Crippen molar-refractivity contribution >= 4 is 28.5 Å². The number of hydrogen-bond acceptors (Lipinski definition) is 6. The summed E-state index contributed by atoms with van der Waals surface area (Å²) < 4.78 is 0. The molecular weight excluding hydrogens is 456 g/mol. The fourth-order valence-electron chi connectivity index (χ4n) is 5.12. The third kappa shape index (κ3) is 5.02. The first-order valence-corrected chi connectivity index (χ1v) is 12.7. The number of H-pyrrole nitrogens is 1. The summed E-state index contributed by atoms with van der Waals surface area (Å²) in [5, 5.41) is 25.3. The number of benzene rings is 2. The Morgan fingerprint density at radius 1 is 1.11 bits per heavy atom. The second-order valence-electron chi connectivity index (χ2n) is 10.2. The fourth-order valence-corrected chi connectivity index (χ4v) is 5.12. The molecule has 2 amide bonds. The zero-order valence-corrected chi connectivity index (χ0v) is 20.9. The van der Waals surface area contributed by atoms with E-state index in [1.807, 2.05) is 31.1 Å². The van der Waals surface area contributed by atoms with Crippen LogP contribution in [0, 0.1) is 0 Å². The van der Waals surface area contributed by atoms with Crippen LogP contribution in [0.4, 0.5) is 5.82 Å². The Labute approximate surface area is 210 Å². The molecule has 1 saturated carbocycles. The van der Waals surface area contributed by atoms with Gasteiger partial charge in [-0.2, -0.15) is 5.10 Å². The number of nitrogens with zero attached hydrogens (tertiary/aromatic N) is 3. The second kappa shape index (κ2) is 10.2. The van der Waals surface area contributed by atoms with E-state index in [0.29, 0.717) is 36.8 Å². The number of aromatic nitrogens is 2. The molecule has 1 aliphatic heterocycles. The minimum atomic E-state index is -0.243. The molecule has 5 rings (SSSR count). The van der Waals surface area contributed by atoms with E-state index in [4.69, 9.17) is 0 Å². The van der Waals surface area contributed by atoms with Gasteiger partial charge in [0.2, 0.25) is 0 Å². The van der Waals surface area contributed by atoms with Crippen LogP contribution in [0.15, 0.2) is 30.3 Å². The number of phenolic OH excluding ortho intramolecular Hbond substituents is 1. The average molecular weight is 491 g/mol. The normalized spacial score (nSPS) is 15.9. The lowest BCUT2D eigenvalue weighted by Crippen LogP contribution is -2.31. The van der Waals surface area contributed by atoms with Gasteiger partial charge in [-0.15, -0.1) is 0 Å². The van der Waals surface area contributed by atoms with Crippen molar-refractivity contribution in [1.29, 1.82) is 0 Å². The third-order valence-corrected chi connectivity index (χ3v) is 7.18. The molecule has 2 aliphatic rings. The molecule has 1 fully saturated rings. The number of phenols is 1. The highest BCUT2D eigenvalue weighted by molar-refractivity contribution is 6.03. The van der Waals surface area contributed by atoms with Crippen LogP contribution in [0.1, 0.15) is 63.9 Å². The predicted octanol–water partition coefficient (Wildman–Crippen LogP) is 3.46. The molecule has 0 radical (unpaired) electrons. The first-order valence-electron chi connectivity index (χ1n) is 12.7. The first kappa shape index (κ1) is 24.1. The number of amides is 2. The van der Waals surface area contributed by atoms with Crippen LogP contribution in [-0.2, 0) is 13.1 Å². The SMILES string of the molecule is CN(C)CCNC(=O)c1ccc2c(c1)CN(C(=O)c1cc3c(NC4CCCCC4)n[nH]c3cc1O)C2. The van der Waals surface area contributed by atoms with E-state index in [2.05, 4.69) is 20.8 Å². The molecule has 3 aromatic rings. The molecule has 36 heavy (non-hydrogen) atoms. The number of carbonyl (C=O) groups is 2. The van der Waals surface area contributed by atoms with E-state index in [1.54, 1.807) is 23.1 Å². The number of nitrogens with one attached hydrogen (secondary N) is 3. The van der Waals surface area contributed by atoms with Gasteiger partial charge < -0.3 is 25.5 Å². The van der Waals surface area contributed by atoms with E-state index < -0.39 is 0 Å². The lowest BCUT2D eigenvalue weighted by Gasteiger charge is -2.22. The van der Waals surface area contributed by atoms with Crippen LogP contribution >= 0.6 is 0 Å². The number of carbonyl (C=O) groups excluding carboxylic acids is 2. The highest BCUT2D eigenvalue weighted by Crippen LogP contribution is 2.33. The molecule has 9 nitrogen and oxygen atoms in total. The fraction of sp³-hybridized carbons (Fsp3) is 0.444. The topological polar surface area (TPSA) is 114 Å². The largest absolute Gasteiger partial charge is 0.507 e. The highest BCUT2D eigenvalue weighted by atomic mass is 16.3. The molecular formula is C27H34N6O3. The van der Waals surface area contributed by atoms with Crippen LogP contribution in [-0.4, -0.2) is 70.1 Å². The maximum atomic E-state index is 13.5. The third-order valence-electron chi connectivity index (χ3n) is 7.18. The van der Waals surface area contributed by atoms with Gasteiger partial charge in [0.15, 0.2) is 5.82 Å². The minimum absolute atomic E-state index is 0.0720. The number of likely N-dealkylation sites (N-methyl/N-ethyl adjacent to an activating group) is 1. The molecule has 1 aliphatic carbocycles. The van der Waals surface area contributed by atoms with E-state index in [9.17, 15) is 14.7 Å². The number of rotatable bonds is 7. The molecule has 0 unspecified atom stereocenters. The lowest BCUT2D eigenvalue weighted by molar-refractivity contribution is 0.0748. The second-order valence-corrected chi connectivity index (χ2v) is 10.2. The van der Waals surface area contributed by atoms with Gasteiger partial charge >= 0.3 is 0 Å². The Balaban J connectivity index is 1.31. The van der Waals surface area contributed by atoms with Crippen molar-refractivity contribution in [3.05, 3.63) is 52.6 Å². The maximum absolute atomic E-state index is 13.5. The predicted molar refractivity (Wildman–Crippen MR) is 139 cm³/mol. The molecule has 4 N–H and O–H groups in total. The molecule has 0 saturated heterocycles. The van der Waals surface area contributed by atoms with Crippen LogP contribution in [0.5, 0.6) is 5.75 Å². The summed E-state index contributed by atoms with van der Waals surface area (Å²) in [5.74, 6) is 0.288. The molecule has 2 heterocycles. The Morgan fingerprint density at radius 2 is 1.89 bits per heavy atom. The standard InChI is InChI=1S/C27H34N6O3/c1-32(2)11-10-28-26(35)17-8-9-18-15-33(16-19(18)12-17)27(36)22-13-21-23(14-24(22)34)30-31-25(21)29-20-6-4-3-5-7-20/h8-9,12-14,20,34H,3-7,10-11,15-16H2,1-2H3,(H,28,35)(H2,29,30,31). The van der Waals surface area contributed by atoms with Gasteiger partial charge in [0.25, 0.3) is 11.8 Å². The van der Waals surface area contributed by atoms with E-state index in [1.165, 1.54) is 19.3 Å². The van der Waals surface area contributed by atoms with Crippen molar-refractivity contribution < 1.29 is 14.7 Å². The van der Waals surface area contributed by atoms with Gasteiger partial charge in [0, 0.05) is 49.2 Å². The summed E-state index contributed by atoms with van der Waals surface area (Å²) >= 11 is 0. The molecule has 9 heteroatoms. The highest BCUT2D eigenvalue weighted by Gasteiger charge is 2.28. The Bertz CT molecular complexity index is 1280. The summed E-state index contributed by atoms with van der Waals surface area (Å²) in [5.41, 5.74) is 3.49. The van der Waals surface area contributed by atoms with Gasteiger partial charge in [-0.1, -0.05) is 25.3 Å². The van der Waals surface area contributed by atoms with Gasteiger partial charge in [-0.3, -0.25) is 14.7 Å². The van der Waals surface area contributed by atoms with E-state index in [-0.39, 0.29) is 23.1 Å². The molecule has 0 bridgehead atoms. The van der Waals surface area contributed by atoms with Crippen LogP contribution in [0.2, 0.25) is 0 Å². The Kier molecular flexibility index (Phi) is 6.82. The van der Waals surface area contributed by atoms with Crippen molar-refractivity contribution in [2.24, 2.45) is 0 Å². The van der Waals surface area contributed by atoms with Crippen LogP contribution in [0.3, 0.4) is 0 Å². The smallest absolute Gasteiger partial charge is 0.258 e. The lowest BCUT2D eigenvalue weighted by atomic mass is 9.95. The van der Waals surface area contributed by atoms with Crippen molar-refractivity contribution in [2.45, 2.75) is 51.2 Å². The summed E-state index contributed by atoms with van der Waals surface area (Å²) in [4.78, 5) is 29.7. The van der Waals surface area contributed by atoms with E-state index >= 15 is 0 Å². The van der Waals surface area contributed by atoms with E-state index in [0.717, 1.165) is 41.7 Å². The zero-order chi connectivity index (χ0) is 25.2. The van der Waals surface area contributed by atoms with Gasteiger partial charge in [-0.25, -0.2) is 0 Å². The van der Waals surface area contributed by atoms with Crippen LogP contribution in [0.25, 0.3) is 10.9 Å². The van der Waals surface area contributed by atoms with Gasteiger partial charge in [-0.05, 0) is 56.3 Å². The summed E-state index contributed by atoms with van der Waals surface area (Å²) in [6.07, 6.45) is 5.91. The monoisotopic (exact) mass is 490 g/mol. The number of anilines is 1. The van der Waals surface area contributed by atoms with Crippen LogP contribution < -0.4 is 10.6 Å². The quantitative estimate of drug-likeness (QED) is 0.403. The summed E-state index contributed by atoms with van der Waals surface area (Å²) in [6.45, 7) is 2.16. The molecule has 190 valence electrons. The number of aromatic amines is 1. The summed E-state index contributed by atoms with van der Waals surface area (Å²) in [7, 11) is 3.92. The van der Waals surface area contributed by atoms with Crippen molar-refractivity contribution in [2.75, 3.05) is 32.5 Å². The van der Waals surface area contributed by atoms with Crippen molar-refractivity contribution in [3.8, 4) is 5.75 Å². The maximum Gasteiger partial charge on any atom is 0.258 e. The Morgan fingerprint density at radius 3 is 2.67 bits per heavy atom. The average Bonchev–Trinajstić information content (AvgIpc) is 3.46. The minimum Gasteiger partial charge on any atom is -0.507 e. The summed E-state index contributed by atoms with van der Waals surface area (Å²) in [6, 6.07) is 9.25. The van der Waals surface area contributed by atoms with Gasteiger partial charge in [0.1, 0.15) is 5.75 Å². The molecule has 2 aromatic carbocycles. The molecule has 0 spiro atoms. The zero-order valence-electron chi connectivity index (χ0n) is 20.9. The first-order chi connectivity index (χ1) is 17.4. The number of aromatic hydroxyl groups is 1.